The van der Waals surface area contributed by atoms with Gasteiger partial charge < -0.3 is 14.6 Å². The first-order valence-electron chi connectivity index (χ1n) is 10.0. The molecule has 1 aromatic heterocycles. The summed E-state index contributed by atoms with van der Waals surface area (Å²) < 4.78 is 7.05. The zero-order chi connectivity index (χ0) is 22.4. The van der Waals surface area contributed by atoms with E-state index in [1.54, 1.807) is 37.4 Å². The van der Waals surface area contributed by atoms with Crippen molar-refractivity contribution in [3.05, 3.63) is 71.0 Å². The average Bonchev–Trinajstić information content (AvgIpc) is 3.20. The van der Waals surface area contributed by atoms with Crippen molar-refractivity contribution in [2.24, 2.45) is 0 Å². The van der Waals surface area contributed by atoms with E-state index in [0.29, 0.717) is 34.4 Å². The largest absolute Gasteiger partial charge is 0.497 e. The Bertz CT molecular complexity index is 1060. The molecule has 1 N–H and O–H groups in total. The number of benzene rings is 2. The summed E-state index contributed by atoms with van der Waals surface area (Å²) in [5, 5.41) is 12.1. The van der Waals surface area contributed by atoms with Crippen molar-refractivity contribution in [2.75, 3.05) is 12.9 Å². The average molecular weight is 439 g/mol. The van der Waals surface area contributed by atoms with Crippen LogP contribution < -0.4 is 10.1 Å². The van der Waals surface area contributed by atoms with Gasteiger partial charge in [0.25, 0.3) is 5.91 Å². The summed E-state index contributed by atoms with van der Waals surface area (Å²) in [5.41, 5.74) is 2.25. The minimum atomic E-state index is -0.327. The zero-order valence-corrected chi connectivity index (χ0v) is 18.9. The first-order chi connectivity index (χ1) is 14.9. The van der Waals surface area contributed by atoms with Gasteiger partial charge in [-0.15, -0.1) is 10.2 Å². The predicted octanol–water partition coefficient (Wildman–Crippen LogP) is 4.08. The van der Waals surface area contributed by atoms with Crippen LogP contribution in [0.4, 0.5) is 0 Å². The third-order valence-corrected chi connectivity index (χ3v) is 5.79. The van der Waals surface area contributed by atoms with Crippen LogP contribution in [-0.2, 0) is 6.54 Å². The predicted molar refractivity (Wildman–Crippen MR) is 121 cm³/mol. The topological polar surface area (TPSA) is 86.1 Å². The van der Waals surface area contributed by atoms with Crippen LogP contribution >= 0.6 is 11.8 Å². The Labute approximate surface area is 186 Å². The molecule has 7 nitrogen and oxygen atoms in total. The van der Waals surface area contributed by atoms with Crippen molar-refractivity contribution in [3.63, 3.8) is 0 Å². The van der Waals surface area contributed by atoms with Crippen molar-refractivity contribution in [1.29, 1.82) is 0 Å². The van der Waals surface area contributed by atoms with Gasteiger partial charge in [-0.1, -0.05) is 29.5 Å². The van der Waals surface area contributed by atoms with Gasteiger partial charge in [-0.05, 0) is 57.2 Å². The molecule has 0 spiro atoms. The fourth-order valence-corrected chi connectivity index (χ4v) is 4.05. The zero-order valence-electron chi connectivity index (χ0n) is 18.1. The molecule has 0 radical (unpaired) electrons. The highest BCUT2D eigenvalue weighted by Crippen LogP contribution is 2.22. The summed E-state index contributed by atoms with van der Waals surface area (Å²) in [6.45, 7) is 6.44. The van der Waals surface area contributed by atoms with Crippen LogP contribution in [0, 0.1) is 6.92 Å². The summed E-state index contributed by atoms with van der Waals surface area (Å²) in [6.07, 6.45) is 0. The lowest BCUT2D eigenvalue weighted by Crippen LogP contribution is -2.28. The molecule has 0 aliphatic rings. The van der Waals surface area contributed by atoms with E-state index in [4.69, 9.17) is 4.74 Å². The number of ether oxygens (including phenoxy) is 1. The van der Waals surface area contributed by atoms with Crippen LogP contribution in [-0.4, -0.2) is 39.3 Å². The number of rotatable bonds is 9. The molecule has 0 fully saturated rings. The summed E-state index contributed by atoms with van der Waals surface area (Å²) in [4.78, 5) is 25.1. The maximum absolute atomic E-state index is 12.6. The highest BCUT2D eigenvalue weighted by Gasteiger charge is 2.20. The highest BCUT2D eigenvalue weighted by atomic mass is 32.2. The van der Waals surface area contributed by atoms with E-state index in [-0.39, 0.29) is 23.5 Å². The number of nitrogens with zero attached hydrogens (tertiary/aromatic N) is 3. The molecule has 31 heavy (non-hydrogen) atoms. The number of thioether (sulfide) groups is 1. The Morgan fingerprint density at radius 1 is 1.13 bits per heavy atom. The highest BCUT2D eigenvalue weighted by molar-refractivity contribution is 7.99. The van der Waals surface area contributed by atoms with E-state index in [2.05, 4.69) is 15.5 Å². The molecular weight excluding hydrogens is 412 g/mol. The van der Waals surface area contributed by atoms with Crippen LogP contribution in [0.2, 0.25) is 0 Å². The standard InChI is InChI=1S/C23H26N4O3S/c1-5-27-21(16(3)24-22(29)18-8-6-7-15(2)13-18)25-26-23(27)31-14-20(28)17-9-11-19(30-4)12-10-17/h6-13,16H,5,14H2,1-4H3,(H,24,29). The van der Waals surface area contributed by atoms with Gasteiger partial charge in [-0.3, -0.25) is 9.59 Å². The minimum Gasteiger partial charge on any atom is -0.497 e. The Morgan fingerprint density at radius 3 is 2.52 bits per heavy atom. The molecule has 0 saturated carbocycles. The fourth-order valence-electron chi connectivity index (χ4n) is 3.15. The molecule has 1 atom stereocenters. The van der Waals surface area contributed by atoms with Crippen LogP contribution in [0.25, 0.3) is 0 Å². The molecule has 3 aromatic rings. The lowest BCUT2D eigenvalue weighted by molar-refractivity contribution is 0.0936. The van der Waals surface area contributed by atoms with Gasteiger partial charge in [0.15, 0.2) is 16.8 Å². The van der Waals surface area contributed by atoms with Gasteiger partial charge in [0, 0.05) is 17.7 Å². The van der Waals surface area contributed by atoms with E-state index in [1.165, 1.54) is 11.8 Å². The molecule has 162 valence electrons. The van der Waals surface area contributed by atoms with E-state index in [1.807, 2.05) is 43.5 Å². The van der Waals surface area contributed by atoms with Crippen LogP contribution in [0.1, 0.15) is 52.0 Å². The number of ketones is 1. The number of Topliss-reactive ketones (excluding diaryl/α,β-unsaturated/α-hetero) is 1. The van der Waals surface area contributed by atoms with Crippen LogP contribution in [0.3, 0.4) is 0 Å². The van der Waals surface area contributed by atoms with Gasteiger partial charge in [0.2, 0.25) is 0 Å². The molecule has 0 aliphatic heterocycles. The van der Waals surface area contributed by atoms with E-state index < -0.39 is 0 Å². The minimum absolute atomic E-state index is 0.000606. The maximum atomic E-state index is 12.6. The quantitative estimate of drug-likeness (QED) is 0.400. The number of nitrogens with one attached hydrogen (secondary N) is 1. The first-order valence-corrected chi connectivity index (χ1v) is 11.0. The van der Waals surface area contributed by atoms with Crippen molar-refractivity contribution in [2.45, 2.75) is 38.5 Å². The lowest BCUT2D eigenvalue weighted by Gasteiger charge is -2.15. The molecular formula is C23H26N4O3S. The number of hydrogen-bond acceptors (Lipinski definition) is 6. The van der Waals surface area contributed by atoms with Gasteiger partial charge in [0.1, 0.15) is 5.75 Å². The second kappa shape index (κ2) is 10.3. The van der Waals surface area contributed by atoms with E-state index in [0.717, 1.165) is 5.56 Å². The first kappa shape index (κ1) is 22.6. The Morgan fingerprint density at radius 2 is 1.87 bits per heavy atom. The van der Waals surface area contributed by atoms with Gasteiger partial charge in [-0.25, -0.2) is 0 Å². The smallest absolute Gasteiger partial charge is 0.251 e. The van der Waals surface area contributed by atoms with E-state index in [9.17, 15) is 9.59 Å². The van der Waals surface area contributed by atoms with Crippen molar-refractivity contribution in [1.82, 2.24) is 20.1 Å². The molecule has 0 bridgehead atoms. The van der Waals surface area contributed by atoms with Gasteiger partial charge >= 0.3 is 0 Å². The third kappa shape index (κ3) is 5.52. The summed E-state index contributed by atoms with van der Waals surface area (Å²) >= 11 is 1.34. The van der Waals surface area contributed by atoms with Crippen molar-refractivity contribution >= 4 is 23.5 Å². The Hall–Kier alpha value is -3.13. The van der Waals surface area contributed by atoms with Crippen molar-refractivity contribution in [3.8, 4) is 5.75 Å². The SMILES string of the molecule is CCn1c(SCC(=O)c2ccc(OC)cc2)nnc1C(C)NC(=O)c1cccc(C)c1. The van der Waals surface area contributed by atoms with Gasteiger partial charge in [-0.2, -0.15) is 0 Å². The maximum Gasteiger partial charge on any atom is 0.251 e. The van der Waals surface area contributed by atoms with Crippen LogP contribution in [0.15, 0.2) is 53.7 Å². The molecule has 1 unspecified atom stereocenters. The van der Waals surface area contributed by atoms with Gasteiger partial charge in [0.05, 0.1) is 18.9 Å². The third-order valence-electron chi connectivity index (χ3n) is 4.82. The second-order valence-corrected chi connectivity index (χ2v) is 8.03. The monoisotopic (exact) mass is 438 g/mol. The van der Waals surface area contributed by atoms with Crippen LogP contribution in [0.5, 0.6) is 5.75 Å². The van der Waals surface area contributed by atoms with Crippen molar-refractivity contribution < 1.29 is 14.3 Å². The number of methoxy groups -OCH3 is 1. The van der Waals surface area contributed by atoms with E-state index >= 15 is 0 Å². The molecule has 8 heteroatoms. The number of carbonyl (C=O) groups is 2. The summed E-state index contributed by atoms with van der Waals surface area (Å²) in [7, 11) is 1.59. The Kier molecular flexibility index (Phi) is 7.46. The molecule has 0 aliphatic carbocycles. The molecule has 2 aromatic carbocycles. The molecule has 0 saturated heterocycles. The molecule has 1 amide bonds. The molecule has 3 rings (SSSR count). The summed E-state index contributed by atoms with van der Waals surface area (Å²) in [6, 6.07) is 14.1. The second-order valence-electron chi connectivity index (χ2n) is 7.09. The number of hydrogen-bond donors (Lipinski definition) is 1. The molecule has 1 heterocycles. The number of carbonyl (C=O) groups excluding carboxylic acids is 2. The number of amides is 1. The lowest BCUT2D eigenvalue weighted by atomic mass is 10.1. The number of aromatic nitrogens is 3. The Balaban J connectivity index is 1.66. The number of aryl methyl sites for hydroxylation is 1. The summed E-state index contributed by atoms with van der Waals surface area (Å²) in [5.74, 6) is 1.45. The normalized spacial score (nSPS) is 11.7. The fraction of sp³-hybridized carbons (Fsp3) is 0.304.